The number of carbonyl (C=O) groups excluding carboxylic acids is 2. The van der Waals surface area contributed by atoms with Crippen LogP contribution in [-0.4, -0.2) is 21.8 Å². The maximum Gasteiger partial charge on any atom is 0.295 e. The lowest BCUT2D eigenvalue weighted by atomic mass is 9.97. The molecule has 0 unspecified atom stereocenters. The van der Waals surface area contributed by atoms with Crippen LogP contribution >= 0.6 is 15.9 Å². The van der Waals surface area contributed by atoms with Gasteiger partial charge in [-0.2, -0.15) is 0 Å². The third kappa shape index (κ3) is 2.66. The van der Waals surface area contributed by atoms with E-state index in [-0.39, 0.29) is 11.4 Å². The minimum Gasteiger partial charge on any atom is -0.503 e. The number of halogens is 1. The molecule has 0 fully saturated rings. The molecule has 0 saturated heterocycles. The number of aliphatic hydroxyl groups is 1. The van der Waals surface area contributed by atoms with E-state index in [2.05, 4.69) is 20.9 Å². The number of anilines is 1. The number of amides is 1. The molecule has 2 heterocycles. The molecule has 1 atom stereocenters. The van der Waals surface area contributed by atoms with E-state index in [1.165, 1.54) is 11.8 Å². The van der Waals surface area contributed by atoms with Crippen LogP contribution in [0.2, 0.25) is 0 Å². The molecule has 5 nitrogen and oxygen atoms in total. The van der Waals surface area contributed by atoms with Gasteiger partial charge in [0.1, 0.15) is 5.82 Å². The van der Waals surface area contributed by atoms with Gasteiger partial charge in [-0.15, -0.1) is 0 Å². The number of aliphatic hydroxyl groups excluding tert-OH is 1. The summed E-state index contributed by atoms with van der Waals surface area (Å²) in [6.45, 7) is 1.34. The maximum atomic E-state index is 12.5. The van der Waals surface area contributed by atoms with E-state index in [0.29, 0.717) is 5.82 Å². The van der Waals surface area contributed by atoms with Crippen molar-refractivity contribution >= 4 is 33.4 Å². The zero-order valence-electron chi connectivity index (χ0n) is 12.2. The molecule has 3 rings (SSSR count). The molecule has 0 saturated carbocycles. The first-order chi connectivity index (χ1) is 11.0. The van der Waals surface area contributed by atoms with Gasteiger partial charge in [0.2, 0.25) is 0 Å². The van der Waals surface area contributed by atoms with Crippen LogP contribution in [0, 0.1) is 0 Å². The summed E-state index contributed by atoms with van der Waals surface area (Å²) in [6, 6.07) is 11.8. The Balaban J connectivity index is 2.16. The normalized spacial score (nSPS) is 17.7. The Kier molecular flexibility index (Phi) is 4.00. The third-order valence-electron chi connectivity index (χ3n) is 3.66. The number of hydrogen-bond donors (Lipinski definition) is 1. The van der Waals surface area contributed by atoms with E-state index < -0.39 is 17.7 Å². The number of benzene rings is 1. The van der Waals surface area contributed by atoms with Gasteiger partial charge < -0.3 is 5.11 Å². The maximum absolute atomic E-state index is 12.5. The quantitative estimate of drug-likeness (QED) is 0.896. The molecule has 1 N–H and O–H groups in total. The van der Waals surface area contributed by atoms with Gasteiger partial charge in [-0.1, -0.05) is 30.3 Å². The van der Waals surface area contributed by atoms with Crippen molar-refractivity contribution in [2.75, 3.05) is 4.90 Å². The first-order valence-electron chi connectivity index (χ1n) is 6.95. The van der Waals surface area contributed by atoms with Crippen molar-refractivity contribution < 1.29 is 14.7 Å². The minimum absolute atomic E-state index is 0.0888. The molecule has 2 aromatic rings. The molecule has 0 radical (unpaired) electrons. The highest BCUT2D eigenvalue weighted by atomic mass is 79.9. The fourth-order valence-corrected chi connectivity index (χ4v) is 2.90. The molecule has 23 heavy (non-hydrogen) atoms. The molecule has 0 spiro atoms. The highest BCUT2D eigenvalue weighted by Gasteiger charge is 2.43. The summed E-state index contributed by atoms with van der Waals surface area (Å²) in [6.07, 6.45) is 1.56. The molecule has 1 aromatic carbocycles. The summed E-state index contributed by atoms with van der Waals surface area (Å²) in [7, 11) is 0. The first-order valence-corrected chi connectivity index (χ1v) is 7.74. The fraction of sp³-hybridized carbons (Fsp3) is 0.118. The van der Waals surface area contributed by atoms with Gasteiger partial charge in [0.05, 0.1) is 11.6 Å². The lowest BCUT2D eigenvalue weighted by Gasteiger charge is -2.25. The van der Waals surface area contributed by atoms with Crippen LogP contribution in [0.25, 0.3) is 0 Å². The molecule has 1 aliphatic heterocycles. The molecule has 6 heteroatoms. The van der Waals surface area contributed by atoms with Crippen LogP contribution < -0.4 is 4.90 Å². The second-order valence-electron chi connectivity index (χ2n) is 5.14. The van der Waals surface area contributed by atoms with Gasteiger partial charge >= 0.3 is 0 Å². The number of carbonyl (C=O) groups is 2. The standard InChI is InChI=1S/C17H13BrN2O3/c1-10(21)14-15(11-5-3-2-4-6-11)20(17(23)16(14)22)13-8-7-12(18)9-19-13/h2-9,15,22H,1H3/t15-/m1/s1. The van der Waals surface area contributed by atoms with E-state index in [0.717, 1.165) is 10.0 Å². The summed E-state index contributed by atoms with van der Waals surface area (Å²) >= 11 is 3.30. The first kappa shape index (κ1) is 15.4. The Hall–Kier alpha value is -2.47. The summed E-state index contributed by atoms with van der Waals surface area (Å²) in [5.41, 5.74) is 0.825. The van der Waals surface area contributed by atoms with E-state index in [4.69, 9.17) is 0 Å². The Labute approximate surface area is 141 Å². The Morgan fingerprint density at radius 3 is 2.48 bits per heavy atom. The number of ketones is 1. The minimum atomic E-state index is -0.685. The second-order valence-corrected chi connectivity index (χ2v) is 6.06. The Bertz CT molecular complexity index is 800. The van der Waals surface area contributed by atoms with Gasteiger partial charge in [0.25, 0.3) is 5.91 Å². The van der Waals surface area contributed by atoms with Gasteiger partial charge in [0, 0.05) is 10.7 Å². The van der Waals surface area contributed by atoms with Gasteiger partial charge in [-0.25, -0.2) is 4.98 Å². The largest absolute Gasteiger partial charge is 0.503 e. The highest BCUT2D eigenvalue weighted by molar-refractivity contribution is 9.10. The van der Waals surface area contributed by atoms with Crippen molar-refractivity contribution in [2.45, 2.75) is 13.0 Å². The van der Waals surface area contributed by atoms with Crippen LogP contribution in [0.3, 0.4) is 0 Å². The number of nitrogens with zero attached hydrogens (tertiary/aromatic N) is 2. The zero-order chi connectivity index (χ0) is 16.6. The average Bonchev–Trinajstić information content (AvgIpc) is 2.81. The van der Waals surface area contributed by atoms with Crippen molar-refractivity contribution in [1.82, 2.24) is 4.98 Å². The zero-order valence-corrected chi connectivity index (χ0v) is 13.8. The van der Waals surface area contributed by atoms with Gasteiger partial charge in [-0.05, 0) is 40.5 Å². The predicted octanol–water partition coefficient (Wildman–Crippen LogP) is 3.33. The lowest BCUT2D eigenvalue weighted by molar-refractivity contribution is -0.117. The van der Waals surface area contributed by atoms with Gasteiger partial charge in [0.15, 0.2) is 11.5 Å². The van der Waals surface area contributed by atoms with Crippen LogP contribution in [0.15, 0.2) is 64.5 Å². The number of hydrogen-bond acceptors (Lipinski definition) is 4. The predicted molar refractivity (Wildman–Crippen MR) is 88.9 cm³/mol. The number of rotatable bonds is 3. The highest BCUT2D eigenvalue weighted by Crippen LogP contribution is 2.40. The molecular weight excluding hydrogens is 360 g/mol. The molecule has 1 aromatic heterocycles. The number of aromatic nitrogens is 1. The molecule has 0 aliphatic carbocycles. The van der Waals surface area contributed by atoms with Gasteiger partial charge in [-0.3, -0.25) is 14.5 Å². The van der Waals surface area contributed by atoms with E-state index in [1.54, 1.807) is 18.3 Å². The average molecular weight is 373 g/mol. The number of pyridine rings is 1. The lowest BCUT2D eigenvalue weighted by Crippen LogP contribution is -2.31. The molecule has 1 aliphatic rings. The van der Waals surface area contributed by atoms with Crippen LogP contribution in [0.1, 0.15) is 18.5 Å². The van der Waals surface area contributed by atoms with E-state index >= 15 is 0 Å². The van der Waals surface area contributed by atoms with E-state index in [1.807, 2.05) is 30.3 Å². The monoisotopic (exact) mass is 372 g/mol. The van der Waals surface area contributed by atoms with Crippen LogP contribution in [-0.2, 0) is 9.59 Å². The molecule has 0 bridgehead atoms. The molecule has 116 valence electrons. The van der Waals surface area contributed by atoms with E-state index in [9.17, 15) is 14.7 Å². The molecule has 1 amide bonds. The summed E-state index contributed by atoms with van der Waals surface area (Å²) in [4.78, 5) is 30.1. The van der Waals surface area contributed by atoms with Crippen molar-refractivity contribution in [1.29, 1.82) is 0 Å². The smallest absolute Gasteiger partial charge is 0.295 e. The van der Waals surface area contributed by atoms with Crippen molar-refractivity contribution in [3.8, 4) is 0 Å². The molecular formula is C17H13BrN2O3. The third-order valence-corrected chi connectivity index (χ3v) is 4.13. The number of Topliss-reactive ketones (excluding diaryl/α,β-unsaturated/α-hetero) is 1. The summed E-state index contributed by atoms with van der Waals surface area (Å²) < 4.78 is 0.771. The Morgan fingerprint density at radius 1 is 1.22 bits per heavy atom. The van der Waals surface area contributed by atoms with Crippen molar-refractivity contribution in [2.24, 2.45) is 0 Å². The second kappa shape index (κ2) is 5.96. The fourth-order valence-electron chi connectivity index (χ4n) is 2.66. The summed E-state index contributed by atoms with van der Waals surface area (Å²) in [5.74, 6) is -1.12. The summed E-state index contributed by atoms with van der Waals surface area (Å²) in [5, 5.41) is 10.2. The van der Waals surface area contributed by atoms with Crippen LogP contribution in [0.4, 0.5) is 5.82 Å². The topological polar surface area (TPSA) is 70.5 Å². The van der Waals surface area contributed by atoms with Crippen LogP contribution in [0.5, 0.6) is 0 Å². The van der Waals surface area contributed by atoms with Crippen molar-refractivity contribution in [3.63, 3.8) is 0 Å². The Morgan fingerprint density at radius 2 is 1.91 bits per heavy atom. The SMILES string of the molecule is CC(=O)C1=C(O)C(=O)N(c2ccc(Br)cn2)[C@@H]1c1ccccc1. The van der Waals surface area contributed by atoms with Crippen molar-refractivity contribution in [3.05, 3.63) is 70.0 Å².